The van der Waals surface area contributed by atoms with Crippen molar-refractivity contribution >= 4 is 34.6 Å². The Hall–Kier alpha value is -2.51. The van der Waals surface area contributed by atoms with Gasteiger partial charge in [0.1, 0.15) is 0 Å². The van der Waals surface area contributed by atoms with Gasteiger partial charge in [-0.25, -0.2) is 5.01 Å². The first-order valence-corrected chi connectivity index (χ1v) is 11.0. The second kappa shape index (κ2) is 8.88. The zero-order valence-electron chi connectivity index (χ0n) is 16.6. The molecule has 0 unspecified atom stereocenters. The van der Waals surface area contributed by atoms with Crippen molar-refractivity contribution in [3.05, 3.63) is 52.2 Å². The van der Waals surface area contributed by atoms with Crippen LogP contribution >= 0.6 is 11.3 Å². The van der Waals surface area contributed by atoms with E-state index in [1.807, 2.05) is 35.7 Å². The molecule has 0 aliphatic carbocycles. The summed E-state index contributed by atoms with van der Waals surface area (Å²) in [5.41, 5.74) is 2.64. The van der Waals surface area contributed by atoms with E-state index < -0.39 is 0 Å². The molecule has 4 rings (SSSR count). The van der Waals surface area contributed by atoms with E-state index in [1.165, 1.54) is 13.3 Å². The van der Waals surface area contributed by atoms with Gasteiger partial charge in [0, 0.05) is 23.9 Å². The maximum atomic E-state index is 13.1. The van der Waals surface area contributed by atoms with E-state index in [4.69, 9.17) is 5.10 Å². The number of hydrogen-bond acceptors (Lipinski definition) is 5. The van der Waals surface area contributed by atoms with Gasteiger partial charge in [-0.15, -0.1) is 11.3 Å². The number of amides is 2. The molecule has 1 N–H and O–H groups in total. The highest BCUT2D eigenvalue weighted by molar-refractivity contribution is 7.10. The SMILES string of the molecule is CC(=O)Nc1ccc(C2=NN(C(=O)CN3CCCCC3)[C@@H](c3cccs3)C2)cc1. The Kier molecular flexibility index (Phi) is 6.06. The van der Waals surface area contributed by atoms with Crippen molar-refractivity contribution in [1.82, 2.24) is 9.91 Å². The van der Waals surface area contributed by atoms with Crippen molar-refractivity contribution in [2.45, 2.75) is 38.6 Å². The molecule has 152 valence electrons. The van der Waals surface area contributed by atoms with Crippen LogP contribution in [0, 0.1) is 0 Å². The fourth-order valence-corrected chi connectivity index (χ4v) is 4.76. The van der Waals surface area contributed by atoms with Gasteiger partial charge in [-0.3, -0.25) is 14.5 Å². The van der Waals surface area contributed by atoms with Crippen LogP contribution in [-0.4, -0.2) is 47.1 Å². The summed E-state index contributed by atoms with van der Waals surface area (Å²) in [5.74, 6) is -0.0293. The Bertz CT molecular complexity index is 886. The lowest BCUT2D eigenvalue weighted by molar-refractivity contribution is -0.134. The monoisotopic (exact) mass is 410 g/mol. The number of nitrogens with one attached hydrogen (secondary N) is 1. The molecule has 1 saturated heterocycles. The van der Waals surface area contributed by atoms with Gasteiger partial charge in [-0.2, -0.15) is 5.10 Å². The lowest BCUT2D eigenvalue weighted by Gasteiger charge is -2.28. The molecule has 0 radical (unpaired) electrons. The Morgan fingerprint density at radius 1 is 1.14 bits per heavy atom. The van der Waals surface area contributed by atoms with Gasteiger partial charge in [0.15, 0.2) is 0 Å². The molecule has 0 spiro atoms. The average molecular weight is 411 g/mol. The summed E-state index contributed by atoms with van der Waals surface area (Å²) >= 11 is 1.67. The summed E-state index contributed by atoms with van der Waals surface area (Å²) in [6.45, 7) is 3.90. The van der Waals surface area contributed by atoms with Crippen molar-refractivity contribution in [2.24, 2.45) is 5.10 Å². The minimum Gasteiger partial charge on any atom is -0.326 e. The van der Waals surface area contributed by atoms with Crippen molar-refractivity contribution in [3.8, 4) is 0 Å². The molecule has 2 aliphatic heterocycles. The number of carbonyl (C=O) groups excluding carboxylic acids is 2. The first-order chi connectivity index (χ1) is 14.1. The number of likely N-dealkylation sites (tertiary alicyclic amines) is 1. The van der Waals surface area contributed by atoms with Crippen molar-refractivity contribution in [1.29, 1.82) is 0 Å². The van der Waals surface area contributed by atoms with Crippen LogP contribution in [0.3, 0.4) is 0 Å². The first-order valence-electron chi connectivity index (χ1n) is 10.1. The minimum atomic E-state index is -0.0943. The Morgan fingerprint density at radius 2 is 1.90 bits per heavy atom. The number of anilines is 1. The predicted molar refractivity (Wildman–Crippen MR) is 116 cm³/mol. The minimum absolute atomic E-state index is 0.0442. The standard InChI is InChI=1S/C22H26N4O2S/c1-16(27)23-18-9-7-17(8-10-18)19-14-20(21-6-5-13-29-21)26(24-19)22(28)15-25-11-3-2-4-12-25/h5-10,13,20H,2-4,11-12,14-15H2,1H3,(H,23,27)/t20-/m1/s1. The zero-order valence-corrected chi connectivity index (χ0v) is 17.5. The molecule has 29 heavy (non-hydrogen) atoms. The zero-order chi connectivity index (χ0) is 20.2. The van der Waals surface area contributed by atoms with E-state index in [-0.39, 0.29) is 17.9 Å². The van der Waals surface area contributed by atoms with Gasteiger partial charge in [0.2, 0.25) is 5.91 Å². The average Bonchev–Trinajstić information content (AvgIpc) is 3.39. The maximum absolute atomic E-state index is 13.1. The van der Waals surface area contributed by atoms with Gasteiger partial charge < -0.3 is 5.32 Å². The number of carbonyl (C=O) groups is 2. The second-order valence-corrected chi connectivity index (χ2v) is 8.59. The Balaban J connectivity index is 1.54. The van der Waals surface area contributed by atoms with Crippen LogP contribution in [0.15, 0.2) is 46.9 Å². The highest BCUT2D eigenvalue weighted by Crippen LogP contribution is 2.35. The molecular weight excluding hydrogens is 384 g/mol. The molecule has 2 aromatic rings. The van der Waals surface area contributed by atoms with Crippen molar-refractivity contribution in [3.63, 3.8) is 0 Å². The van der Waals surface area contributed by atoms with E-state index in [9.17, 15) is 9.59 Å². The number of hydrogen-bond donors (Lipinski definition) is 1. The molecule has 2 aliphatic rings. The van der Waals surface area contributed by atoms with Crippen LogP contribution in [0.1, 0.15) is 49.1 Å². The van der Waals surface area contributed by atoms with E-state index in [2.05, 4.69) is 16.3 Å². The van der Waals surface area contributed by atoms with Gasteiger partial charge in [0.25, 0.3) is 5.91 Å². The second-order valence-electron chi connectivity index (χ2n) is 7.62. The third-order valence-electron chi connectivity index (χ3n) is 5.38. The van der Waals surface area contributed by atoms with Gasteiger partial charge in [-0.05, 0) is 55.1 Å². The van der Waals surface area contributed by atoms with Crippen LogP contribution < -0.4 is 5.32 Å². The maximum Gasteiger partial charge on any atom is 0.257 e. The van der Waals surface area contributed by atoms with E-state index in [0.29, 0.717) is 13.0 Å². The molecule has 2 amide bonds. The number of benzene rings is 1. The predicted octanol–water partition coefficient (Wildman–Crippen LogP) is 3.87. The summed E-state index contributed by atoms with van der Waals surface area (Å²) in [6, 6.07) is 11.7. The molecule has 1 fully saturated rings. The highest BCUT2D eigenvalue weighted by atomic mass is 32.1. The third kappa shape index (κ3) is 4.74. The Morgan fingerprint density at radius 3 is 2.55 bits per heavy atom. The van der Waals surface area contributed by atoms with Gasteiger partial charge in [-0.1, -0.05) is 24.6 Å². The summed E-state index contributed by atoms with van der Waals surface area (Å²) in [5, 5.41) is 11.3. The summed E-state index contributed by atoms with van der Waals surface area (Å²) < 4.78 is 0. The molecule has 1 aromatic heterocycles. The fraction of sp³-hybridized carbons (Fsp3) is 0.409. The first kappa shape index (κ1) is 19.8. The van der Waals surface area contributed by atoms with Gasteiger partial charge >= 0.3 is 0 Å². The largest absolute Gasteiger partial charge is 0.326 e. The van der Waals surface area contributed by atoms with Crippen molar-refractivity contribution < 1.29 is 9.59 Å². The lowest BCUT2D eigenvalue weighted by Crippen LogP contribution is -2.40. The molecular formula is C22H26N4O2S. The molecule has 3 heterocycles. The topological polar surface area (TPSA) is 65.0 Å². The molecule has 0 saturated carbocycles. The molecule has 1 atom stereocenters. The van der Waals surface area contributed by atoms with Crippen LogP contribution in [0.5, 0.6) is 0 Å². The highest BCUT2D eigenvalue weighted by Gasteiger charge is 2.34. The fourth-order valence-electron chi connectivity index (χ4n) is 3.95. The van der Waals surface area contributed by atoms with Crippen LogP contribution in [-0.2, 0) is 9.59 Å². The molecule has 7 heteroatoms. The molecule has 6 nitrogen and oxygen atoms in total. The molecule has 1 aromatic carbocycles. The normalized spacial score (nSPS) is 19.8. The third-order valence-corrected chi connectivity index (χ3v) is 6.36. The van der Waals surface area contributed by atoms with Crippen molar-refractivity contribution in [2.75, 3.05) is 25.0 Å². The smallest absolute Gasteiger partial charge is 0.257 e. The van der Waals surface area contributed by atoms with E-state index >= 15 is 0 Å². The number of hydrazone groups is 1. The summed E-state index contributed by atoms with van der Waals surface area (Å²) in [4.78, 5) is 27.7. The number of rotatable bonds is 5. The quantitative estimate of drug-likeness (QED) is 0.814. The number of piperidine rings is 1. The molecule has 0 bridgehead atoms. The van der Waals surface area contributed by atoms with E-state index in [0.717, 1.165) is 47.8 Å². The Labute approximate surface area is 175 Å². The number of thiophene rings is 1. The number of nitrogens with zero attached hydrogens (tertiary/aromatic N) is 3. The summed E-state index contributed by atoms with van der Waals surface area (Å²) in [7, 11) is 0. The van der Waals surface area contributed by atoms with Gasteiger partial charge in [0.05, 0.1) is 18.3 Å². The summed E-state index contributed by atoms with van der Waals surface area (Å²) in [6.07, 6.45) is 4.28. The van der Waals surface area contributed by atoms with Crippen LogP contribution in [0.25, 0.3) is 0 Å². The van der Waals surface area contributed by atoms with Crippen LogP contribution in [0.4, 0.5) is 5.69 Å². The van der Waals surface area contributed by atoms with E-state index in [1.54, 1.807) is 16.3 Å². The van der Waals surface area contributed by atoms with Crippen LogP contribution in [0.2, 0.25) is 0 Å². The lowest BCUT2D eigenvalue weighted by atomic mass is 10.0.